The second-order valence-corrected chi connectivity index (χ2v) is 10.6. The van der Waals surface area contributed by atoms with E-state index >= 15 is 0 Å². The van der Waals surface area contributed by atoms with Crippen molar-refractivity contribution in [3.05, 3.63) is 120 Å². The van der Waals surface area contributed by atoms with Crippen LogP contribution in [0.15, 0.2) is 108 Å². The van der Waals surface area contributed by atoms with Crippen LogP contribution in [0.4, 0.5) is 11.4 Å². The number of sulfonamides is 1. The summed E-state index contributed by atoms with van der Waals surface area (Å²) < 4.78 is 33.5. The average molecular weight is 544 g/mol. The highest BCUT2D eigenvalue weighted by Crippen LogP contribution is 2.26. The smallest absolute Gasteiger partial charge is 0.264 e. The maximum atomic E-state index is 13.6. The lowest BCUT2D eigenvalue weighted by Crippen LogP contribution is -2.38. The molecular formula is C30H29N3O5S. The molecule has 0 saturated carbocycles. The maximum Gasteiger partial charge on any atom is 0.264 e. The van der Waals surface area contributed by atoms with E-state index in [1.165, 1.54) is 19.2 Å². The number of hydrogen-bond acceptors (Lipinski definition) is 5. The number of benzene rings is 4. The summed E-state index contributed by atoms with van der Waals surface area (Å²) in [6.45, 7) is 1.67. The van der Waals surface area contributed by atoms with Crippen molar-refractivity contribution in [2.24, 2.45) is 0 Å². The highest BCUT2D eigenvalue weighted by molar-refractivity contribution is 7.92. The first-order valence-corrected chi connectivity index (χ1v) is 13.7. The van der Waals surface area contributed by atoms with Crippen LogP contribution >= 0.6 is 0 Å². The van der Waals surface area contributed by atoms with Gasteiger partial charge in [0.1, 0.15) is 12.3 Å². The van der Waals surface area contributed by atoms with E-state index in [0.717, 1.165) is 15.4 Å². The zero-order valence-corrected chi connectivity index (χ0v) is 22.4. The van der Waals surface area contributed by atoms with Gasteiger partial charge in [-0.3, -0.25) is 13.9 Å². The number of rotatable bonds is 10. The largest absolute Gasteiger partial charge is 0.497 e. The van der Waals surface area contributed by atoms with Crippen molar-refractivity contribution < 1.29 is 22.7 Å². The van der Waals surface area contributed by atoms with Crippen LogP contribution in [0.25, 0.3) is 0 Å². The molecule has 0 atom stereocenters. The van der Waals surface area contributed by atoms with E-state index in [-0.39, 0.29) is 22.1 Å². The van der Waals surface area contributed by atoms with Crippen molar-refractivity contribution in [2.75, 3.05) is 23.3 Å². The van der Waals surface area contributed by atoms with Crippen molar-refractivity contribution in [1.82, 2.24) is 5.32 Å². The summed E-state index contributed by atoms with van der Waals surface area (Å²) in [7, 11) is -2.58. The Balaban J connectivity index is 1.57. The molecule has 9 heteroatoms. The predicted octanol–water partition coefficient (Wildman–Crippen LogP) is 4.77. The summed E-state index contributed by atoms with van der Waals surface area (Å²) >= 11 is 0. The summed E-state index contributed by atoms with van der Waals surface area (Å²) in [5, 5.41) is 5.56. The Morgan fingerprint density at radius 2 is 1.46 bits per heavy atom. The Labute approximate surface area is 228 Å². The van der Waals surface area contributed by atoms with Gasteiger partial charge in [-0.25, -0.2) is 8.42 Å². The normalized spacial score (nSPS) is 10.9. The van der Waals surface area contributed by atoms with Crippen molar-refractivity contribution in [2.45, 2.75) is 18.4 Å². The van der Waals surface area contributed by atoms with Gasteiger partial charge in [-0.05, 0) is 61.0 Å². The second kappa shape index (κ2) is 12.3. The fourth-order valence-electron chi connectivity index (χ4n) is 3.88. The summed E-state index contributed by atoms with van der Waals surface area (Å²) in [5.74, 6) is -0.426. The number of para-hydroxylation sites is 1. The van der Waals surface area contributed by atoms with E-state index in [9.17, 15) is 18.0 Å². The number of aryl methyl sites for hydroxylation is 1. The minimum Gasteiger partial charge on any atom is -0.497 e. The van der Waals surface area contributed by atoms with Gasteiger partial charge in [0, 0.05) is 6.54 Å². The number of hydrogen-bond donors (Lipinski definition) is 2. The Bertz CT molecular complexity index is 1540. The van der Waals surface area contributed by atoms with Gasteiger partial charge < -0.3 is 15.4 Å². The molecule has 8 nitrogen and oxygen atoms in total. The minimum absolute atomic E-state index is 0.0532. The quantitative estimate of drug-likeness (QED) is 0.300. The maximum absolute atomic E-state index is 13.6. The van der Waals surface area contributed by atoms with E-state index in [1.807, 2.05) is 37.3 Å². The molecule has 0 aliphatic carbocycles. The zero-order valence-electron chi connectivity index (χ0n) is 21.6. The first-order valence-electron chi connectivity index (χ1n) is 12.2. The average Bonchev–Trinajstić information content (AvgIpc) is 2.96. The first kappa shape index (κ1) is 27.4. The Hall–Kier alpha value is -4.63. The lowest BCUT2D eigenvalue weighted by atomic mass is 10.1. The van der Waals surface area contributed by atoms with Crippen LogP contribution in [0.2, 0.25) is 0 Å². The fraction of sp³-hybridized carbons (Fsp3) is 0.133. The number of amides is 2. The lowest BCUT2D eigenvalue weighted by molar-refractivity contribution is -0.114. The molecule has 2 amide bonds. The molecule has 4 aromatic carbocycles. The third kappa shape index (κ3) is 6.82. The molecule has 0 aliphatic heterocycles. The van der Waals surface area contributed by atoms with Gasteiger partial charge in [0.2, 0.25) is 5.91 Å². The van der Waals surface area contributed by atoms with E-state index in [0.29, 0.717) is 18.0 Å². The highest BCUT2D eigenvalue weighted by atomic mass is 32.2. The van der Waals surface area contributed by atoms with Crippen LogP contribution in [0.1, 0.15) is 21.5 Å². The summed E-state index contributed by atoms with van der Waals surface area (Å²) in [5.41, 5.74) is 2.67. The Morgan fingerprint density at radius 1 is 0.821 bits per heavy atom. The molecule has 4 rings (SSSR count). The zero-order chi connectivity index (χ0) is 27.8. The van der Waals surface area contributed by atoms with Crippen LogP contribution in [-0.2, 0) is 21.4 Å². The fourth-order valence-corrected chi connectivity index (χ4v) is 5.31. The number of carbonyl (C=O) groups excluding carboxylic acids is 2. The number of methoxy groups -OCH3 is 1. The van der Waals surface area contributed by atoms with Gasteiger partial charge >= 0.3 is 0 Å². The monoisotopic (exact) mass is 543 g/mol. The van der Waals surface area contributed by atoms with Gasteiger partial charge in [-0.15, -0.1) is 0 Å². The topological polar surface area (TPSA) is 105 Å². The predicted molar refractivity (Wildman–Crippen MR) is 151 cm³/mol. The van der Waals surface area contributed by atoms with Crippen molar-refractivity contribution in [3.63, 3.8) is 0 Å². The highest BCUT2D eigenvalue weighted by Gasteiger charge is 2.28. The molecule has 0 saturated heterocycles. The molecule has 200 valence electrons. The first-order chi connectivity index (χ1) is 18.8. The number of carbonyl (C=O) groups is 2. The molecule has 0 heterocycles. The molecule has 0 spiro atoms. The van der Waals surface area contributed by atoms with Crippen LogP contribution in [0, 0.1) is 6.92 Å². The third-order valence-corrected chi connectivity index (χ3v) is 7.79. The van der Waals surface area contributed by atoms with Crippen molar-refractivity contribution in [1.29, 1.82) is 0 Å². The minimum atomic E-state index is -4.09. The van der Waals surface area contributed by atoms with Gasteiger partial charge in [0.15, 0.2) is 0 Å². The molecular weight excluding hydrogens is 514 g/mol. The Kier molecular flexibility index (Phi) is 8.63. The van der Waals surface area contributed by atoms with Gasteiger partial charge in [0.25, 0.3) is 15.9 Å². The van der Waals surface area contributed by atoms with Crippen LogP contribution < -0.4 is 19.7 Å². The summed E-state index contributed by atoms with van der Waals surface area (Å²) in [4.78, 5) is 26.2. The molecule has 0 unspecified atom stereocenters. The van der Waals surface area contributed by atoms with Gasteiger partial charge in [-0.1, -0.05) is 60.2 Å². The summed E-state index contributed by atoms with van der Waals surface area (Å²) in [6.07, 6.45) is 0. The number of anilines is 2. The molecule has 0 bridgehead atoms. The molecule has 39 heavy (non-hydrogen) atoms. The van der Waals surface area contributed by atoms with Crippen LogP contribution in [-0.4, -0.2) is 33.9 Å². The molecule has 0 aliphatic rings. The number of nitrogens with one attached hydrogen (secondary N) is 2. The molecule has 2 N–H and O–H groups in total. The van der Waals surface area contributed by atoms with Gasteiger partial charge in [0.05, 0.1) is 28.9 Å². The standard InChI is InChI=1S/C30H29N3O5S/c1-22-12-18-26(19-13-22)39(36,37)33(24-14-16-25(38-2)17-15-24)21-29(34)32-28-11-7-6-10-27(28)30(35)31-20-23-8-4-3-5-9-23/h3-19H,20-21H2,1-2H3,(H,31,35)(H,32,34). The van der Waals surface area contributed by atoms with E-state index in [2.05, 4.69) is 10.6 Å². The van der Waals surface area contributed by atoms with Crippen LogP contribution in [0.3, 0.4) is 0 Å². The lowest BCUT2D eigenvalue weighted by Gasteiger charge is -2.24. The second-order valence-electron chi connectivity index (χ2n) is 8.78. The van der Waals surface area contributed by atoms with Crippen molar-refractivity contribution in [3.8, 4) is 5.75 Å². The van der Waals surface area contributed by atoms with E-state index < -0.39 is 22.5 Å². The molecule has 4 aromatic rings. The number of nitrogens with zero attached hydrogens (tertiary/aromatic N) is 1. The molecule has 0 fully saturated rings. The molecule has 0 radical (unpaired) electrons. The van der Waals surface area contributed by atoms with E-state index in [4.69, 9.17) is 4.74 Å². The summed E-state index contributed by atoms with van der Waals surface area (Å²) in [6, 6.07) is 28.8. The SMILES string of the molecule is COc1ccc(N(CC(=O)Nc2ccccc2C(=O)NCc2ccccc2)S(=O)(=O)c2ccc(C)cc2)cc1. The van der Waals surface area contributed by atoms with E-state index in [1.54, 1.807) is 60.7 Å². The Morgan fingerprint density at radius 3 is 2.13 bits per heavy atom. The number of ether oxygens (including phenoxy) is 1. The third-order valence-electron chi connectivity index (χ3n) is 6.00. The van der Waals surface area contributed by atoms with Crippen LogP contribution in [0.5, 0.6) is 5.75 Å². The molecule has 0 aromatic heterocycles. The van der Waals surface area contributed by atoms with Crippen molar-refractivity contribution >= 4 is 33.2 Å². The van der Waals surface area contributed by atoms with Gasteiger partial charge in [-0.2, -0.15) is 0 Å².